The van der Waals surface area contributed by atoms with E-state index < -0.39 is 39.9 Å². The van der Waals surface area contributed by atoms with Crippen LogP contribution < -0.4 is 14.9 Å². The van der Waals surface area contributed by atoms with Crippen LogP contribution in [0.4, 0.5) is 10.1 Å². The van der Waals surface area contributed by atoms with Crippen molar-refractivity contribution in [2.75, 3.05) is 18.0 Å². The lowest BCUT2D eigenvalue weighted by atomic mass is 9.94. The zero-order valence-electron chi connectivity index (χ0n) is 21.1. The molecule has 2 aliphatic rings. The minimum Gasteiger partial charge on any atom is -0.351 e. The molecular formula is C26H34ClFN4O4S. The maximum absolute atomic E-state index is 14.3. The maximum Gasteiger partial charge on any atom is 0.280 e. The fourth-order valence-corrected chi connectivity index (χ4v) is 5.68. The molecule has 1 saturated carbocycles. The number of amides is 2. The van der Waals surface area contributed by atoms with Gasteiger partial charge in [-0.1, -0.05) is 55.7 Å². The molecular weight excluding hydrogens is 519 g/mol. The first-order chi connectivity index (χ1) is 17.5. The molecule has 2 fully saturated rings. The van der Waals surface area contributed by atoms with E-state index in [1.54, 1.807) is 25.2 Å². The number of allylic oxidation sites excluding steroid dienone is 3. The predicted molar refractivity (Wildman–Crippen MR) is 144 cm³/mol. The van der Waals surface area contributed by atoms with Crippen LogP contribution >= 0.6 is 11.6 Å². The summed E-state index contributed by atoms with van der Waals surface area (Å²) < 4.78 is 42.8. The highest BCUT2D eigenvalue weighted by Crippen LogP contribution is 2.29. The number of carbonyl (C=O) groups excluding carboxylic acids is 2. The molecule has 0 radical (unpaired) electrons. The summed E-state index contributed by atoms with van der Waals surface area (Å²) in [6, 6.07) is 2.52. The zero-order valence-corrected chi connectivity index (χ0v) is 22.7. The van der Waals surface area contributed by atoms with Crippen LogP contribution in [0.1, 0.15) is 46.0 Å². The molecule has 1 saturated heterocycles. The molecule has 0 bridgehead atoms. The number of halogens is 2. The molecule has 0 spiro atoms. The van der Waals surface area contributed by atoms with E-state index >= 15 is 0 Å². The molecule has 0 aromatic heterocycles. The summed E-state index contributed by atoms with van der Waals surface area (Å²) in [7, 11) is -3.88. The van der Waals surface area contributed by atoms with E-state index in [0.717, 1.165) is 43.1 Å². The summed E-state index contributed by atoms with van der Waals surface area (Å²) in [6.45, 7) is 7.91. The highest BCUT2D eigenvalue weighted by molar-refractivity contribution is 7.87. The van der Waals surface area contributed by atoms with Gasteiger partial charge < -0.3 is 5.32 Å². The molecule has 1 heterocycles. The molecule has 37 heavy (non-hydrogen) atoms. The fraction of sp³-hybridized carbons (Fsp3) is 0.462. The molecule has 2 amide bonds. The molecule has 1 aromatic rings. The Kier molecular flexibility index (Phi) is 10.1. The van der Waals surface area contributed by atoms with E-state index in [1.165, 1.54) is 29.4 Å². The van der Waals surface area contributed by atoms with Crippen LogP contribution in [0, 0.1) is 5.82 Å². The molecule has 202 valence electrons. The fourth-order valence-electron chi connectivity index (χ4n) is 4.24. The topological polar surface area (TPSA) is 98.6 Å². The largest absolute Gasteiger partial charge is 0.351 e. The van der Waals surface area contributed by atoms with Crippen molar-refractivity contribution in [3.63, 3.8) is 0 Å². The van der Waals surface area contributed by atoms with Gasteiger partial charge in [0.05, 0.1) is 6.04 Å². The van der Waals surface area contributed by atoms with Gasteiger partial charge in [-0.15, -0.1) is 0 Å². The van der Waals surface area contributed by atoms with Crippen LogP contribution in [0.25, 0.3) is 0 Å². The third-order valence-corrected chi connectivity index (χ3v) is 8.36. The summed E-state index contributed by atoms with van der Waals surface area (Å²) in [5.74, 6) is -1.90. The lowest BCUT2D eigenvalue weighted by molar-refractivity contribution is -0.126. The van der Waals surface area contributed by atoms with E-state index in [9.17, 15) is 22.4 Å². The van der Waals surface area contributed by atoms with Crippen molar-refractivity contribution in [1.82, 2.24) is 14.3 Å². The Labute approximate surface area is 223 Å². The van der Waals surface area contributed by atoms with Gasteiger partial charge in [-0.05, 0) is 56.5 Å². The first-order valence-electron chi connectivity index (χ1n) is 12.4. The Morgan fingerprint density at radius 1 is 1.24 bits per heavy atom. The van der Waals surface area contributed by atoms with Crippen LogP contribution in [0.2, 0.25) is 0 Å². The summed E-state index contributed by atoms with van der Waals surface area (Å²) in [5.41, 5.74) is 0.190. The quantitative estimate of drug-likeness (QED) is 0.322. The first kappa shape index (κ1) is 29.0. The lowest BCUT2D eigenvalue weighted by Gasteiger charge is -2.35. The van der Waals surface area contributed by atoms with Crippen molar-refractivity contribution in [2.45, 2.75) is 64.1 Å². The third-order valence-electron chi connectivity index (χ3n) is 6.30. The molecule has 11 heteroatoms. The second-order valence-corrected chi connectivity index (χ2v) is 11.4. The van der Waals surface area contributed by atoms with E-state index in [-0.39, 0.29) is 22.3 Å². The lowest BCUT2D eigenvalue weighted by Crippen LogP contribution is -2.57. The Hall–Kier alpha value is -2.53. The minimum atomic E-state index is -3.88. The number of nitrogens with zero attached hydrogens (tertiary/aromatic N) is 2. The van der Waals surface area contributed by atoms with Crippen molar-refractivity contribution < 1.29 is 22.4 Å². The van der Waals surface area contributed by atoms with Gasteiger partial charge in [-0.3, -0.25) is 14.5 Å². The van der Waals surface area contributed by atoms with Gasteiger partial charge in [0.15, 0.2) is 0 Å². The summed E-state index contributed by atoms with van der Waals surface area (Å²) in [4.78, 5) is 28.6. The average molecular weight is 553 g/mol. The first-order valence-corrected chi connectivity index (χ1v) is 14.2. The van der Waals surface area contributed by atoms with Crippen molar-refractivity contribution >= 4 is 39.3 Å². The van der Waals surface area contributed by atoms with Gasteiger partial charge >= 0.3 is 0 Å². The Bertz CT molecular complexity index is 1180. The molecule has 2 atom stereocenters. The van der Waals surface area contributed by atoms with Crippen LogP contribution in [-0.4, -0.2) is 55.8 Å². The average Bonchev–Trinajstić information content (AvgIpc) is 3.71. The number of hydrogen-bond acceptors (Lipinski definition) is 4. The van der Waals surface area contributed by atoms with Crippen molar-refractivity contribution in [3.05, 3.63) is 65.5 Å². The van der Waals surface area contributed by atoms with Crippen molar-refractivity contribution in [2.24, 2.45) is 0 Å². The molecule has 0 unspecified atom stereocenters. The van der Waals surface area contributed by atoms with Gasteiger partial charge in [0.25, 0.3) is 10.2 Å². The van der Waals surface area contributed by atoms with E-state index in [4.69, 9.17) is 11.6 Å². The van der Waals surface area contributed by atoms with E-state index in [0.29, 0.717) is 13.1 Å². The van der Waals surface area contributed by atoms with E-state index in [1.807, 2.05) is 0 Å². The van der Waals surface area contributed by atoms with E-state index in [2.05, 4.69) is 16.6 Å². The van der Waals surface area contributed by atoms with Gasteiger partial charge in [0.2, 0.25) is 11.8 Å². The second-order valence-electron chi connectivity index (χ2n) is 9.24. The molecule has 1 aliphatic carbocycles. The number of rotatable bonds is 11. The van der Waals surface area contributed by atoms with Crippen LogP contribution in [0.3, 0.4) is 0 Å². The number of carbonyl (C=O) groups is 2. The number of hydrogen-bond donors (Lipinski definition) is 2. The maximum atomic E-state index is 14.3. The predicted octanol–water partition coefficient (Wildman–Crippen LogP) is 3.77. The van der Waals surface area contributed by atoms with Gasteiger partial charge in [0, 0.05) is 29.9 Å². The van der Waals surface area contributed by atoms with Crippen LogP contribution in [0.5, 0.6) is 0 Å². The molecule has 8 nitrogen and oxygen atoms in total. The van der Waals surface area contributed by atoms with Crippen molar-refractivity contribution in [3.8, 4) is 0 Å². The van der Waals surface area contributed by atoms with Crippen LogP contribution in [0.15, 0.2) is 59.7 Å². The summed E-state index contributed by atoms with van der Waals surface area (Å²) >= 11 is 6.50. The minimum absolute atomic E-state index is 0.0724. The monoisotopic (exact) mass is 552 g/mol. The number of anilines is 1. The normalized spacial score (nSPS) is 18.9. The van der Waals surface area contributed by atoms with Gasteiger partial charge in [-0.2, -0.15) is 17.4 Å². The zero-order chi connectivity index (χ0) is 27.2. The standard InChI is InChI=1S/C26H34ClFN4O4S/c1-4-5-14-23(27)18(2)24(25(33)29-21-11-7-6-8-12-21)32(22-13-9-10-20(28)17-22)26(34)19(3)30-37(35,36)31-15-16-31/h4-5,9-10,13-14,17,19,21,24,30H,2,6-8,11-12,15-16H2,1,3H3,(H,29,33)/b5-4-,23-14+/t19-,24+/m1/s1. The highest BCUT2D eigenvalue weighted by atomic mass is 35.5. The molecule has 2 N–H and O–H groups in total. The second kappa shape index (κ2) is 12.8. The highest BCUT2D eigenvalue weighted by Gasteiger charge is 2.40. The number of benzene rings is 1. The SMILES string of the molecule is C=C(/C(Cl)=C\C=C/C)[C@@H](C(=O)NC1CCCCC1)N(C(=O)[C@@H](C)NS(=O)(=O)N1CC1)c1cccc(F)c1. The number of nitrogens with one attached hydrogen (secondary N) is 2. The Balaban J connectivity index is 2.04. The van der Waals surface area contributed by atoms with Crippen molar-refractivity contribution in [1.29, 1.82) is 0 Å². The molecule has 1 aliphatic heterocycles. The van der Waals surface area contributed by atoms with Crippen LogP contribution in [-0.2, 0) is 19.8 Å². The Morgan fingerprint density at radius 2 is 1.92 bits per heavy atom. The smallest absolute Gasteiger partial charge is 0.280 e. The Morgan fingerprint density at radius 3 is 2.51 bits per heavy atom. The van der Waals surface area contributed by atoms with Gasteiger partial charge in [-0.25, -0.2) is 4.39 Å². The summed E-state index contributed by atoms with van der Waals surface area (Å²) in [5, 5.41) is 3.14. The molecule has 3 rings (SSSR count). The van der Waals surface area contributed by atoms with Gasteiger partial charge in [0.1, 0.15) is 11.9 Å². The molecule has 1 aromatic carbocycles. The third kappa shape index (κ3) is 7.73. The summed E-state index contributed by atoms with van der Waals surface area (Å²) in [6.07, 6.45) is 9.58.